The SMILES string of the molecule is [2H]c1c([2H])c([2H])c(-c2ccc3c(c2-[n+]2[c-]n(-c4[c-]c(Oc5[c-]c6c(cc5)c5ccccc5n6-c5cc(C(C)(C)C)ccn5)ccc4)c4ccccc42)-c2ccccc2-c2cc4c(cc2-c2ccccc2-3)C(C)(C)CCC4(C)C)c([2H])c1[2H].[Pt]. The largest absolute Gasteiger partial charge is 0.510 e. The van der Waals surface area contributed by atoms with E-state index in [1.165, 1.54) is 16.7 Å². The molecule has 0 unspecified atom stereocenters. The molecule has 2 aliphatic rings. The number of rotatable bonds is 6. The minimum absolute atomic E-state index is 0. The van der Waals surface area contributed by atoms with Crippen LogP contribution in [0.4, 0.5) is 0 Å². The molecule has 3 heterocycles. The van der Waals surface area contributed by atoms with Crippen molar-refractivity contribution in [3.8, 4) is 84.3 Å². The minimum atomic E-state index is -0.451. The van der Waals surface area contributed by atoms with Gasteiger partial charge in [-0.15, -0.1) is 29.7 Å². The van der Waals surface area contributed by atoms with Crippen molar-refractivity contribution in [2.75, 3.05) is 0 Å². The summed E-state index contributed by atoms with van der Waals surface area (Å²) in [4.78, 5) is 4.88. The molecule has 6 heteroatoms. The van der Waals surface area contributed by atoms with Crippen LogP contribution in [0.3, 0.4) is 0 Å². The van der Waals surface area contributed by atoms with Gasteiger partial charge in [0.2, 0.25) is 0 Å². The quantitative estimate of drug-likeness (QED) is 0.123. The zero-order chi connectivity index (χ0) is 56.7. The van der Waals surface area contributed by atoms with Crippen molar-refractivity contribution in [3.05, 3.63) is 235 Å². The van der Waals surface area contributed by atoms with Gasteiger partial charge in [0, 0.05) is 49.8 Å². The maximum atomic E-state index is 9.52. The fraction of sp³-hybridized carbons (Fsp3) is 0.167. The Morgan fingerprint density at radius 1 is 0.577 bits per heavy atom. The monoisotopic (exact) mass is 1190 g/mol. The maximum Gasteiger partial charge on any atom is 0.268 e. The molecule has 0 fully saturated rings. The van der Waals surface area contributed by atoms with Crippen molar-refractivity contribution in [3.63, 3.8) is 0 Å². The third kappa shape index (κ3) is 8.00. The Hall–Kier alpha value is -8.11. The molecular formula is C72H58N4OPt-2. The minimum Gasteiger partial charge on any atom is -0.510 e. The first kappa shape index (κ1) is 43.9. The molecule has 5 nitrogen and oxygen atoms in total. The molecule has 78 heavy (non-hydrogen) atoms. The number of para-hydroxylation sites is 3. The van der Waals surface area contributed by atoms with Gasteiger partial charge in [0.15, 0.2) is 0 Å². The van der Waals surface area contributed by atoms with Crippen molar-refractivity contribution < 1.29 is 37.2 Å². The van der Waals surface area contributed by atoms with Gasteiger partial charge in [-0.25, -0.2) is 4.98 Å². The van der Waals surface area contributed by atoms with Crippen LogP contribution in [-0.4, -0.2) is 14.1 Å². The van der Waals surface area contributed by atoms with E-state index in [2.05, 4.69) is 175 Å². The Labute approximate surface area is 478 Å². The molecule has 0 bridgehead atoms. The Balaban J connectivity index is 0.00000645. The van der Waals surface area contributed by atoms with E-state index in [0.29, 0.717) is 28.4 Å². The normalized spacial score (nSPS) is 15.0. The Bertz CT molecular complexity index is 4650. The van der Waals surface area contributed by atoms with Gasteiger partial charge in [-0.3, -0.25) is 4.57 Å². The third-order valence-electron chi connectivity index (χ3n) is 16.3. The van der Waals surface area contributed by atoms with Gasteiger partial charge in [-0.2, -0.15) is 18.2 Å². The summed E-state index contributed by atoms with van der Waals surface area (Å²) in [6.45, 7) is 16.1. The fourth-order valence-corrected chi connectivity index (χ4v) is 12.2. The summed E-state index contributed by atoms with van der Waals surface area (Å²) in [5.74, 6) is 1.77. The zero-order valence-electron chi connectivity index (χ0n) is 49.6. The van der Waals surface area contributed by atoms with Crippen LogP contribution in [0.5, 0.6) is 11.5 Å². The second-order valence-electron chi connectivity index (χ2n) is 23.0. The van der Waals surface area contributed by atoms with Gasteiger partial charge in [-0.05, 0) is 137 Å². The summed E-state index contributed by atoms with van der Waals surface area (Å²) in [7, 11) is 0. The molecule has 0 radical (unpaired) electrons. The first-order valence-electron chi connectivity index (χ1n) is 29.1. The predicted octanol–water partition coefficient (Wildman–Crippen LogP) is 17.9. The zero-order valence-corrected chi connectivity index (χ0v) is 46.9. The number of fused-ring (bicyclic) bond motifs is 13. The second kappa shape index (κ2) is 18.5. The first-order chi connectivity index (χ1) is 39.4. The summed E-state index contributed by atoms with van der Waals surface area (Å²) in [5.41, 5.74) is 17.1. The Morgan fingerprint density at radius 3 is 1.91 bits per heavy atom. The van der Waals surface area contributed by atoms with Crippen molar-refractivity contribution in [2.45, 2.75) is 77.6 Å². The van der Waals surface area contributed by atoms with Crippen molar-refractivity contribution in [1.82, 2.24) is 14.1 Å². The summed E-state index contributed by atoms with van der Waals surface area (Å²) < 4.78 is 58.6. The summed E-state index contributed by atoms with van der Waals surface area (Å²) in [6, 6.07) is 61.8. The molecule has 3 aromatic heterocycles. The molecule has 0 saturated heterocycles. The van der Waals surface area contributed by atoms with Crippen molar-refractivity contribution in [1.29, 1.82) is 0 Å². The van der Waals surface area contributed by atoms with Gasteiger partial charge >= 0.3 is 0 Å². The third-order valence-corrected chi connectivity index (χ3v) is 16.3. The van der Waals surface area contributed by atoms with Crippen molar-refractivity contribution >= 4 is 32.8 Å². The summed E-state index contributed by atoms with van der Waals surface area (Å²) in [5, 5.41) is 2.12. The molecule has 0 N–H and O–H groups in total. The van der Waals surface area contributed by atoms with E-state index < -0.39 is 18.1 Å². The molecule has 0 spiro atoms. The fourth-order valence-electron chi connectivity index (χ4n) is 12.2. The Kier molecular flexibility index (Phi) is 10.4. The van der Waals surface area contributed by atoms with Gasteiger partial charge < -0.3 is 13.9 Å². The maximum absolute atomic E-state index is 9.52. The number of benzene rings is 9. The second-order valence-corrected chi connectivity index (χ2v) is 23.0. The van der Waals surface area contributed by atoms with E-state index in [9.17, 15) is 2.74 Å². The van der Waals surface area contributed by atoms with Gasteiger partial charge in [-0.1, -0.05) is 187 Å². The van der Waals surface area contributed by atoms with E-state index in [-0.39, 0.29) is 55.0 Å². The van der Waals surface area contributed by atoms with Crippen LogP contribution >= 0.6 is 0 Å². The van der Waals surface area contributed by atoms with E-state index in [1.54, 1.807) is 0 Å². The van der Waals surface area contributed by atoms with Crippen molar-refractivity contribution in [2.24, 2.45) is 0 Å². The predicted molar refractivity (Wildman–Crippen MR) is 315 cm³/mol. The van der Waals surface area contributed by atoms with Gasteiger partial charge in [0.1, 0.15) is 5.82 Å². The molecular weight excluding hydrogens is 1130 g/mol. The Morgan fingerprint density at radius 2 is 1.19 bits per heavy atom. The molecule has 9 aromatic carbocycles. The molecule has 0 aliphatic heterocycles. The molecule has 12 aromatic rings. The number of nitrogens with zero attached hydrogens (tertiary/aromatic N) is 4. The van der Waals surface area contributed by atoms with Crippen LogP contribution in [0.2, 0.25) is 0 Å². The average molecular weight is 1200 g/mol. The number of ether oxygens (including phenoxy) is 1. The smallest absolute Gasteiger partial charge is 0.268 e. The average Bonchev–Trinajstić information content (AvgIpc) is 3.94. The van der Waals surface area contributed by atoms with Crippen LogP contribution in [0.25, 0.3) is 106 Å². The number of aromatic nitrogens is 4. The van der Waals surface area contributed by atoms with Crippen LogP contribution in [-0.2, 0) is 37.3 Å². The number of hydrogen-bond acceptors (Lipinski definition) is 2. The number of pyridine rings is 1. The van der Waals surface area contributed by atoms with Gasteiger partial charge in [0.25, 0.3) is 6.33 Å². The van der Waals surface area contributed by atoms with E-state index >= 15 is 0 Å². The van der Waals surface area contributed by atoms with Crippen LogP contribution in [0.15, 0.2) is 200 Å². The van der Waals surface area contributed by atoms with Crippen LogP contribution < -0.4 is 9.30 Å². The van der Waals surface area contributed by atoms with E-state index in [0.717, 1.165) is 96.0 Å². The first-order valence-corrected chi connectivity index (χ1v) is 26.6. The molecule has 0 atom stereocenters. The molecule has 0 saturated carbocycles. The molecule has 384 valence electrons. The van der Waals surface area contributed by atoms with Crippen LogP contribution in [0.1, 0.15) is 84.9 Å². The van der Waals surface area contributed by atoms with E-state index in [1.807, 2.05) is 76.0 Å². The number of imidazole rings is 1. The summed E-state index contributed by atoms with van der Waals surface area (Å²) in [6.07, 6.45) is 7.80. The summed E-state index contributed by atoms with van der Waals surface area (Å²) >= 11 is 0. The van der Waals surface area contributed by atoms with E-state index in [4.69, 9.17) is 13.8 Å². The standard InChI is InChI=1S/C72H58N4O.Pt/c1-70(2,3)47-36-39-73-67(40-47)76-63-29-16-15-27-55(63)56-33-32-50(42-66(56)76)77-49-23-19-22-48(41-49)74-45-75(65-31-18-17-30-64(65)74)69-51(46-20-9-8-10-21-46)34-35-58-52-24-11-12-25-53(52)59-43-61-62(72(6,7)38-37-71(61,4)5)44-60(59)54-26-13-14-28-57(54)68(58)69;/h8-36,39-40,43-44H,37-38H2,1-7H3;/q-2;/i8D,9D,10D,20D,21D;. The number of hydrogen-bond donors (Lipinski definition) is 0. The van der Waals surface area contributed by atoms with Gasteiger partial charge in [0.05, 0.1) is 23.6 Å². The molecule has 14 rings (SSSR count). The molecule has 2 aliphatic carbocycles. The molecule has 0 amide bonds. The van der Waals surface area contributed by atoms with Crippen LogP contribution in [0, 0.1) is 18.5 Å². The topological polar surface area (TPSA) is 35.9 Å².